The van der Waals surface area contributed by atoms with Crippen molar-refractivity contribution in [2.75, 3.05) is 30.8 Å². The number of hydrogen-bond acceptors (Lipinski definition) is 5. The van der Waals surface area contributed by atoms with Gasteiger partial charge in [-0.1, -0.05) is 6.92 Å². The van der Waals surface area contributed by atoms with E-state index in [1.54, 1.807) is 0 Å². The van der Waals surface area contributed by atoms with Gasteiger partial charge in [0.2, 0.25) is 5.28 Å². The van der Waals surface area contributed by atoms with Crippen LogP contribution in [-0.2, 0) is 4.74 Å². The first-order valence-corrected chi connectivity index (χ1v) is 5.71. The van der Waals surface area contributed by atoms with Crippen LogP contribution in [0.15, 0.2) is 6.20 Å². The lowest BCUT2D eigenvalue weighted by Gasteiger charge is -2.07. The van der Waals surface area contributed by atoms with Crippen molar-refractivity contribution >= 4 is 23.1 Å². The molecule has 1 aromatic rings. The normalized spacial score (nSPS) is 10.4. The number of nitrogens with two attached hydrogens (primary N) is 1. The van der Waals surface area contributed by atoms with E-state index in [0.29, 0.717) is 11.5 Å². The average molecular weight is 245 g/mol. The molecular weight excluding hydrogens is 228 g/mol. The minimum absolute atomic E-state index is 0.193. The number of nitrogen functional groups attached to an aromatic ring is 1. The summed E-state index contributed by atoms with van der Waals surface area (Å²) in [6.45, 7) is 4.38. The second-order valence-electron chi connectivity index (χ2n) is 3.34. The van der Waals surface area contributed by atoms with Crippen LogP contribution in [0.3, 0.4) is 0 Å². The van der Waals surface area contributed by atoms with E-state index in [2.05, 4.69) is 22.2 Å². The largest absolute Gasteiger partial charge is 0.394 e. The molecule has 5 nitrogen and oxygen atoms in total. The molecule has 1 aromatic heterocycles. The first kappa shape index (κ1) is 13.0. The number of aromatic nitrogens is 2. The maximum Gasteiger partial charge on any atom is 0.224 e. The summed E-state index contributed by atoms with van der Waals surface area (Å²) in [5.41, 5.74) is 6.17. The van der Waals surface area contributed by atoms with Gasteiger partial charge >= 0.3 is 0 Å². The molecule has 90 valence electrons. The molecule has 0 aliphatic heterocycles. The molecule has 0 atom stereocenters. The molecule has 3 N–H and O–H groups in total. The highest BCUT2D eigenvalue weighted by molar-refractivity contribution is 6.28. The maximum atomic E-state index is 5.67. The summed E-state index contributed by atoms with van der Waals surface area (Å²) in [6, 6.07) is 0. The Hall–Kier alpha value is -1.07. The van der Waals surface area contributed by atoms with Crippen LogP contribution in [0.5, 0.6) is 0 Å². The van der Waals surface area contributed by atoms with Crippen LogP contribution in [0, 0.1) is 0 Å². The van der Waals surface area contributed by atoms with Gasteiger partial charge in [-0.3, -0.25) is 0 Å². The monoisotopic (exact) mass is 244 g/mol. The summed E-state index contributed by atoms with van der Waals surface area (Å²) < 4.78 is 5.34. The van der Waals surface area contributed by atoms with Crippen molar-refractivity contribution < 1.29 is 4.74 Å². The van der Waals surface area contributed by atoms with E-state index in [-0.39, 0.29) is 5.28 Å². The van der Waals surface area contributed by atoms with Crippen LogP contribution in [-0.4, -0.2) is 29.7 Å². The van der Waals surface area contributed by atoms with Gasteiger partial charge in [0.1, 0.15) is 0 Å². The van der Waals surface area contributed by atoms with Crippen LogP contribution in [0.25, 0.3) is 0 Å². The molecule has 0 aliphatic carbocycles. The average Bonchev–Trinajstić information content (AvgIpc) is 2.28. The van der Waals surface area contributed by atoms with Gasteiger partial charge in [-0.15, -0.1) is 0 Å². The van der Waals surface area contributed by atoms with Gasteiger partial charge in [-0.05, 0) is 24.4 Å². The van der Waals surface area contributed by atoms with Crippen LogP contribution in [0.1, 0.15) is 19.8 Å². The summed E-state index contributed by atoms with van der Waals surface area (Å²) in [4.78, 5) is 7.76. The van der Waals surface area contributed by atoms with Crippen LogP contribution < -0.4 is 11.1 Å². The van der Waals surface area contributed by atoms with Crippen molar-refractivity contribution in [1.82, 2.24) is 9.97 Å². The number of nitrogens with one attached hydrogen (secondary N) is 1. The standard InChI is InChI=1S/C10H17ClN4O/c1-2-5-16-6-3-4-13-9-8(12)7-14-10(11)15-9/h7H,2-6,12H2,1H3,(H,13,14,15). The van der Waals surface area contributed by atoms with Gasteiger partial charge in [0.25, 0.3) is 0 Å². The molecule has 0 amide bonds. The van der Waals surface area contributed by atoms with Crippen LogP contribution in [0.4, 0.5) is 11.5 Å². The van der Waals surface area contributed by atoms with E-state index in [0.717, 1.165) is 32.6 Å². The van der Waals surface area contributed by atoms with E-state index < -0.39 is 0 Å². The lowest BCUT2D eigenvalue weighted by atomic mass is 10.4. The highest BCUT2D eigenvalue weighted by atomic mass is 35.5. The van der Waals surface area contributed by atoms with Crippen molar-refractivity contribution in [3.05, 3.63) is 11.5 Å². The second-order valence-corrected chi connectivity index (χ2v) is 3.67. The van der Waals surface area contributed by atoms with E-state index in [4.69, 9.17) is 22.1 Å². The molecule has 1 heterocycles. The fraction of sp³-hybridized carbons (Fsp3) is 0.600. The number of halogens is 1. The minimum Gasteiger partial charge on any atom is -0.394 e. The molecule has 0 fully saturated rings. The molecule has 0 saturated heterocycles. The molecule has 0 unspecified atom stereocenters. The van der Waals surface area contributed by atoms with Gasteiger partial charge < -0.3 is 15.8 Å². The van der Waals surface area contributed by atoms with Gasteiger partial charge in [-0.25, -0.2) is 4.98 Å². The number of nitrogens with zero attached hydrogens (tertiary/aromatic N) is 2. The zero-order valence-electron chi connectivity index (χ0n) is 9.37. The molecular formula is C10H17ClN4O. The molecule has 0 aliphatic rings. The topological polar surface area (TPSA) is 73.1 Å². The van der Waals surface area contributed by atoms with Crippen molar-refractivity contribution in [3.8, 4) is 0 Å². The minimum atomic E-state index is 0.193. The maximum absolute atomic E-state index is 5.67. The Balaban J connectivity index is 2.23. The number of ether oxygens (including phenoxy) is 1. The van der Waals surface area contributed by atoms with Crippen molar-refractivity contribution in [1.29, 1.82) is 0 Å². The van der Waals surface area contributed by atoms with Gasteiger partial charge in [0.05, 0.1) is 11.9 Å². The molecule has 0 bridgehead atoms. The fourth-order valence-electron chi connectivity index (χ4n) is 1.14. The summed E-state index contributed by atoms with van der Waals surface area (Å²) in [5.74, 6) is 0.579. The Labute approximate surface area is 100 Å². The smallest absolute Gasteiger partial charge is 0.224 e. The van der Waals surface area contributed by atoms with Crippen LogP contribution in [0.2, 0.25) is 5.28 Å². The molecule has 0 spiro atoms. The number of rotatable bonds is 7. The van der Waals surface area contributed by atoms with E-state index in [9.17, 15) is 0 Å². The van der Waals surface area contributed by atoms with Crippen molar-refractivity contribution in [2.45, 2.75) is 19.8 Å². The predicted molar refractivity (Wildman–Crippen MR) is 65.7 cm³/mol. The Morgan fingerprint density at radius 3 is 3.06 bits per heavy atom. The Kier molecular flexibility index (Phi) is 5.88. The molecule has 1 rings (SSSR count). The molecule has 0 aromatic carbocycles. The summed E-state index contributed by atoms with van der Waals surface area (Å²) in [6.07, 6.45) is 3.44. The highest BCUT2D eigenvalue weighted by Gasteiger charge is 2.01. The van der Waals surface area contributed by atoms with Crippen molar-refractivity contribution in [3.63, 3.8) is 0 Å². The first-order valence-electron chi connectivity index (χ1n) is 5.33. The third-order valence-corrected chi connectivity index (χ3v) is 2.08. The number of hydrogen-bond donors (Lipinski definition) is 2. The molecule has 16 heavy (non-hydrogen) atoms. The van der Waals surface area contributed by atoms with Gasteiger partial charge in [0.15, 0.2) is 5.82 Å². The lowest BCUT2D eigenvalue weighted by molar-refractivity contribution is 0.134. The lowest BCUT2D eigenvalue weighted by Crippen LogP contribution is -2.09. The Morgan fingerprint density at radius 2 is 2.31 bits per heavy atom. The van der Waals surface area contributed by atoms with Gasteiger partial charge in [-0.2, -0.15) is 4.98 Å². The quantitative estimate of drug-likeness (QED) is 0.567. The fourth-order valence-corrected chi connectivity index (χ4v) is 1.27. The second kappa shape index (κ2) is 7.24. The SMILES string of the molecule is CCCOCCCNc1nc(Cl)ncc1N. The Morgan fingerprint density at radius 1 is 1.50 bits per heavy atom. The number of anilines is 2. The summed E-state index contributed by atoms with van der Waals surface area (Å²) in [7, 11) is 0. The zero-order chi connectivity index (χ0) is 11.8. The summed E-state index contributed by atoms with van der Waals surface area (Å²) in [5, 5.41) is 3.28. The first-order chi connectivity index (χ1) is 7.74. The molecule has 0 saturated carbocycles. The zero-order valence-corrected chi connectivity index (χ0v) is 10.1. The molecule has 0 radical (unpaired) electrons. The van der Waals surface area contributed by atoms with Crippen molar-refractivity contribution in [2.24, 2.45) is 0 Å². The summed E-state index contributed by atoms with van der Waals surface area (Å²) >= 11 is 5.66. The predicted octanol–water partition coefficient (Wildman–Crippen LogP) is 1.94. The highest BCUT2D eigenvalue weighted by Crippen LogP contribution is 2.15. The third-order valence-electron chi connectivity index (χ3n) is 1.89. The third kappa shape index (κ3) is 4.63. The molecule has 6 heteroatoms. The van der Waals surface area contributed by atoms with E-state index in [1.807, 2.05) is 0 Å². The van der Waals surface area contributed by atoms with Gasteiger partial charge in [0, 0.05) is 19.8 Å². The van der Waals surface area contributed by atoms with E-state index in [1.165, 1.54) is 6.20 Å². The van der Waals surface area contributed by atoms with E-state index >= 15 is 0 Å². The van der Waals surface area contributed by atoms with Crippen LogP contribution >= 0.6 is 11.6 Å². The Bertz CT molecular complexity index is 322.